The molecule has 1 aromatic carbocycles. The molecule has 130 valence electrons. The lowest BCUT2D eigenvalue weighted by Crippen LogP contribution is -2.37. The number of halogens is 2. The van der Waals surface area contributed by atoms with Crippen LogP contribution in [0.1, 0.15) is 44.1 Å². The molecule has 23 heavy (non-hydrogen) atoms. The van der Waals surface area contributed by atoms with E-state index in [1.807, 2.05) is 12.1 Å². The number of carbonyl (C=O) groups is 1. The molecule has 0 spiro atoms. The molecule has 1 aliphatic heterocycles. The van der Waals surface area contributed by atoms with E-state index in [-0.39, 0.29) is 30.7 Å². The highest BCUT2D eigenvalue weighted by Gasteiger charge is 2.45. The summed E-state index contributed by atoms with van der Waals surface area (Å²) in [6, 6.07) is 8.18. The Bertz CT molecular complexity index is 495. The van der Waals surface area contributed by atoms with Gasteiger partial charge in [0.15, 0.2) is 0 Å². The van der Waals surface area contributed by atoms with Gasteiger partial charge >= 0.3 is 0 Å². The number of hydrogen-bond donors (Lipinski definition) is 2. The van der Waals surface area contributed by atoms with Crippen molar-refractivity contribution in [3.05, 3.63) is 29.8 Å². The number of benzene rings is 1. The molecule has 1 heterocycles. The molecule has 0 unspecified atom stereocenters. The third-order valence-electron chi connectivity index (χ3n) is 4.56. The number of nitrogens with one attached hydrogen (secondary N) is 1. The van der Waals surface area contributed by atoms with Gasteiger partial charge in [0.05, 0.1) is 5.54 Å². The predicted molar refractivity (Wildman–Crippen MR) is 99.5 cm³/mol. The van der Waals surface area contributed by atoms with E-state index in [9.17, 15) is 4.79 Å². The van der Waals surface area contributed by atoms with Crippen LogP contribution in [0.3, 0.4) is 0 Å². The summed E-state index contributed by atoms with van der Waals surface area (Å²) in [7, 11) is 0. The lowest BCUT2D eigenvalue weighted by Gasteiger charge is -2.20. The molecule has 0 radical (unpaired) electrons. The summed E-state index contributed by atoms with van der Waals surface area (Å²) >= 11 is 0. The van der Waals surface area contributed by atoms with Gasteiger partial charge in [-0.25, -0.2) is 0 Å². The third-order valence-corrected chi connectivity index (χ3v) is 4.56. The predicted octanol–water partition coefficient (Wildman–Crippen LogP) is 3.34. The van der Waals surface area contributed by atoms with Gasteiger partial charge in [0.25, 0.3) is 0 Å². The second-order valence-corrected chi connectivity index (χ2v) is 6.50. The van der Waals surface area contributed by atoms with E-state index in [0.29, 0.717) is 0 Å². The van der Waals surface area contributed by atoms with Crippen molar-refractivity contribution >= 4 is 36.4 Å². The molecule has 2 fully saturated rings. The summed E-state index contributed by atoms with van der Waals surface area (Å²) in [6.07, 6.45) is 6.95. The topological polar surface area (TPSA) is 58.4 Å². The zero-order valence-electron chi connectivity index (χ0n) is 13.4. The van der Waals surface area contributed by atoms with Crippen LogP contribution in [0.15, 0.2) is 24.3 Å². The van der Waals surface area contributed by atoms with E-state index in [2.05, 4.69) is 22.3 Å². The number of nitrogens with two attached hydrogens (primary N) is 1. The van der Waals surface area contributed by atoms with Crippen LogP contribution in [0.4, 0.5) is 5.69 Å². The highest BCUT2D eigenvalue weighted by molar-refractivity contribution is 6.00. The molecule has 6 heteroatoms. The largest absolute Gasteiger partial charge is 0.324 e. The summed E-state index contributed by atoms with van der Waals surface area (Å²) in [5.74, 6) is -0.0530. The average molecular weight is 360 g/mol. The Kier molecular flexibility index (Phi) is 7.81. The molecular formula is C17H27Cl2N3O. The molecule has 2 aliphatic rings. The molecule has 3 N–H and O–H groups in total. The molecule has 4 nitrogen and oxygen atoms in total. The SMILES string of the molecule is Cl.Cl.NC1(C(=O)Nc2ccc(CN3CCCCCC3)cc2)CC1. The number of amides is 1. The van der Waals surface area contributed by atoms with E-state index >= 15 is 0 Å². The van der Waals surface area contributed by atoms with Crippen LogP contribution in [0.5, 0.6) is 0 Å². The zero-order chi connectivity index (χ0) is 14.7. The smallest absolute Gasteiger partial charge is 0.244 e. The van der Waals surface area contributed by atoms with E-state index in [0.717, 1.165) is 25.1 Å². The molecular weight excluding hydrogens is 333 g/mol. The van der Waals surface area contributed by atoms with Crippen molar-refractivity contribution in [1.82, 2.24) is 4.90 Å². The summed E-state index contributed by atoms with van der Waals surface area (Å²) in [4.78, 5) is 14.4. The van der Waals surface area contributed by atoms with Crippen molar-refractivity contribution in [2.75, 3.05) is 18.4 Å². The van der Waals surface area contributed by atoms with Crippen molar-refractivity contribution in [2.24, 2.45) is 5.73 Å². The van der Waals surface area contributed by atoms with E-state index < -0.39 is 5.54 Å². The van der Waals surface area contributed by atoms with Crippen LogP contribution >= 0.6 is 24.8 Å². The fourth-order valence-electron chi connectivity index (χ4n) is 2.86. The fraction of sp³-hybridized carbons (Fsp3) is 0.588. The highest BCUT2D eigenvalue weighted by atomic mass is 35.5. The first-order chi connectivity index (χ1) is 10.2. The molecule has 1 aliphatic carbocycles. The quantitative estimate of drug-likeness (QED) is 0.866. The van der Waals surface area contributed by atoms with Gasteiger partial charge in [-0.2, -0.15) is 0 Å². The minimum Gasteiger partial charge on any atom is -0.324 e. The van der Waals surface area contributed by atoms with Crippen molar-refractivity contribution in [1.29, 1.82) is 0 Å². The second-order valence-electron chi connectivity index (χ2n) is 6.50. The van der Waals surface area contributed by atoms with Gasteiger partial charge in [-0.05, 0) is 56.5 Å². The number of likely N-dealkylation sites (tertiary alicyclic amines) is 1. The van der Waals surface area contributed by atoms with Crippen molar-refractivity contribution in [3.8, 4) is 0 Å². The maximum atomic E-state index is 11.9. The lowest BCUT2D eigenvalue weighted by atomic mass is 10.1. The van der Waals surface area contributed by atoms with Crippen LogP contribution in [-0.2, 0) is 11.3 Å². The van der Waals surface area contributed by atoms with Crippen molar-refractivity contribution < 1.29 is 4.79 Å². The van der Waals surface area contributed by atoms with Gasteiger partial charge in [-0.1, -0.05) is 25.0 Å². The second kappa shape index (κ2) is 8.88. The normalized spacial score (nSPS) is 19.7. The van der Waals surface area contributed by atoms with E-state index in [1.165, 1.54) is 44.3 Å². The monoisotopic (exact) mass is 359 g/mol. The molecule has 1 saturated carbocycles. The highest BCUT2D eigenvalue weighted by Crippen LogP contribution is 2.33. The van der Waals surface area contributed by atoms with E-state index in [4.69, 9.17) is 5.73 Å². The van der Waals surface area contributed by atoms with Crippen LogP contribution in [0, 0.1) is 0 Å². The molecule has 1 aromatic rings. The molecule has 1 saturated heterocycles. The van der Waals surface area contributed by atoms with Gasteiger partial charge < -0.3 is 11.1 Å². The van der Waals surface area contributed by atoms with Gasteiger partial charge in [0.1, 0.15) is 0 Å². The van der Waals surface area contributed by atoms with Crippen molar-refractivity contribution in [2.45, 2.75) is 50.6 Å². The number of carbonyl (C=O) groups excluding carboxylic acids is 1. The van der Waals surface area contributed by atoms with Gasteiger partial charge in [-0.3, -0.25) is 9.69 Å². The van der Waals surface area contributed by atoms with Crippen molar-refractivity contribution in [3.63, 3.8) is 0 Å². The van der Waals surface area contributed by atoms with Crippen LogP contribution in [-0.4, -0.2) is 29.4 Å². The molecule has 0 atom stereocenters. The maximum Gasteiger partial charge on any atom is 0.244 e. The first kappa shape index (κ1) is 20.2. The summed E-state index contributed by atoms with van der Waals surface area (Å²) < 4.78 is 0. The third kappa shape index (κ3) is 5.64. The Morgan fingerprint density at radius 2 is 1.61 bits per heavy atom. The summed E-state index contributed by atoms with van der Waals surface area (Å²) in [6.45, 7) is 3.41. The lowest BCUT2D eigenvalue weighted by molar-refractivity contribution is -0.118. The van der Waals surface area contributed by atoms with Gasteiger partial charge in [-0.15, -0.1) is 24.8 Å². The number of anilines is 1. The zero-order valence-corrected chi connectivity index (χ0v) is 15.1. The fourth-order valence-corrected chi connectivity index (χ4v) is 2.86. The van der Waals surface area contributed by atoms with Gasteiger partial charge in [0.2, 0.25) is 5.91 Å². The Hall–Kier alpha value is -0.810. The van der Waals surface area contributed by atoms with Crippen LogP contribution in [0.2, 0.25) is 0 Å². The number of rotatable bonds is 4. The van der Waals surface area contributed by atoms with E-state index in [1.54, 1.807) is 0 Å². The maximum absolute atomic E-state index is 11.9. The Labute approximate surface area is 151 Å². The molecule has 0 bridgehead atoms. The Balaban J connectivity index is 0.00000132. The van der Waals surface area contributed by atoms with Crippen LogP contribution in [0.25, 0.3) is 0 Å². The minimum atomic E-state index is -0.606. The first-order valence-electron chi connectivity index (χ1n) is 8.07. The molecule has 1 amide bonds. The summed E-state index contributed by atoms with van der Waals surface area (Å²) in [5, 5.41) is 2.91. The summed E-state index contributed by atoms with van der Waals surface area (Å²) in [5.41, 5.74) is 7.43. The van der Waals surface area contributed by atoms with Crippen LogP contribution < -0.4 is 11.1 Å². The number of nitrogens with zero attached hydrogens (tertiary/aromatic N) is 1. The first-order valence-corrected chi connectivity index (χ1v) is 8.07. The Morgan fingerprint density at radius 3 is 2.13 bits per heavy atom. The Morgan fingerprint density at radius 1 is 1.04 bits per heavy atom. The standard InChI is InChI=1S/C17H25N3O.2ClH/c18-17(9-10-17)16(21)19-15-7-5-14(6-8-15)13-20-11-3-1-2-4-12-20;;/h5-8H,1-4,9-13,18H2,(H,19,21);2*1H. The van der Waals surface area contributed by atoms with Gasteiger partial charge in [0, 0.05) is 12.2 Å². The number of hydrogen-bond acceptors (Lipinski definition) is 3. The molecule has 3 rings (SSSR count). The molecule has 0 aromatic heterocycles. The average Bonchev–Trinajstić information content (AvgIpc) is 3.26. The minimum absolute atomic E-state index is 0.